The number of benzene rings is 1. The minimum absolute atomic E-state index is 0.218. The number of aryl methyl sites for hydroxylation is 1. The van der Waals surface area contributed by atoms with E-state index in [0.717, 1.165) is 17.9 Å². The summed E-state index contributed by atoms with van der Waals surface area (Å²) in [6, 6.07) is 11.3. The lowest BCUT2D eigenvalue weighted by Crippen LogP contribution is -2.26. The molecule has 1 aromatic carbocycles. The second-order valence-electron chi connectivity index (χ2n) is 8.98. The van der Waals surface area contributed by atoms with Gasteiger partial charge in [-0.25, -0.2) is 9.97 Å². The number of carbonyl (C=O) groups excluding carboxylic acids is 2. The summed E-state index contributed by atoms with van der Waals surface area (Å²) in [5, 5.41) is 11.0. The first-order valence-corrected chi connectivity index (χ1v) is 12.3. The molecule has 0 aliphatic carbocycles. The summed E-state index contributed by atoms with van der Waals surface area (Å²) in [6.07, 6.45) is 4.18. The van der Waals surface area contributed by atoms with Crippen molar-refractivity contribution in [2.24, 2.45) is 0 Å². The fourth-order valence-electron chi connectivity index (χ4n) is 3.74. The maximum absolute atomic E-state index is 12.8. The number of rotatable bonds is 13. The number of imidazole rings is 1. The number of nitrogens with zero attached hydrogens (tertiary/aromatic N) is 7. The number of hydrogen-bond acceptors (Lipinski definition) is 9. The number of methoxy groups -OCH3 is 1. The molecule has 4 rings (SSSR count). The predicted octanol–water partition coefficient (Wildman–Crippen LogP) is 1.55. The molecule has 38 heavy (non-hydrogen) atoms. The third kappa shape index (κ3) is 7.13. The molecule has 0 bridgehead atoms. The maximum Gasteiger partial charge on any atom is 0.307 e. The van der Waals surface area contributed by atoms with Gasteiger partial charge in [-0.15, -0.1) is 5.10 Å². The van der Waals surface area contributed by atoms with E-state index in [4.69, 9.17) is 4.74 Å². The van der Waals surface area contributed by atoms with Crippen molar-refractivity contribution in [3.8, 4) is 5.75 Å². The van der Waals surface area contributed by atoms with Crippen LogP contribution >= 0.6 is 0 Å². The number of hydrogen-bond donors (Lipinski definition) is 1. The van der Waals surface area contributed by atoms with Gasteiger partial charge >= 0.3 is 5.97 Å². The molecule has 1 N–H and O–H groups in total. The van der Waals surface area contributed by atoms with Gasteiger partial charge in [0.2, 0.25) is 0 Å². The van der Waals surface area contributed by atoms with E-state index < -0.39 is 0 Å². The molecule has 3 heterocycles. The lowest BCUT2D eigenvalue weighted by Gasteiger charge is -2.14. The van der Waals surface area contributed by atoms with Gasteiger partial charge in [-0.3, -0.25) is 14.3 Å². The summed E-state index contributed by atoms with van der Waals surface area (Å²) in [6.45, 7) is 2.66. The quantitative estimate of drug-likeness (QED) is 0.261. The van der Waals surface area contributed by atoms with Crippen LogP contribution in [0.4, 0.5) is 0 Å². The fourth-order valence-corrected chi connectivity index (χ4v) is 3.74. The number of fused-ring (bicyclic) bond motifs is 1. The number of ether oxygens (including phenoxy) is 2. The standard InChI is InChI=1S/C26H32N8O4/c1-32(2)14-15-38-23-7-5-4-6-19(23)16-33-18-28-21-8-9-22(29-25(21)33)26(36)27-12-10-20-17-34(31-30-20)13-11-24(35)37-3/h4-9,17-18H,10-16H2,1-3H3,(H,27,36). The van der Waals surface area contributed by atoms with Crippen LogP contribution in [0.25, 0.3) is 11.2 Å². The van der Waals surface area contributed by atoms with E-state index in [2.05, 4.69) is 35.2 Å². The van der Waals surface area contributed by atoms with E-state index in [-0.39, 0.29) is 18.3 Å². The van der Waals surface area contributed by atoms with Gasteiger partial charge < -0.3 is 24.3 Å². The SMILES string of the molecule is COC(=O)CCn1cc(CCNC(=O)c2ccc3ncn(Cc4ccccc4OCCN(C)C)c3n2)nn1. The lowest BCUT2D eigenvalue weighted by molar-refractivity contribution is -0.140. The minimum Gasteiger partial charge on any atom is -0.492 e. The van der Waals surface area contributed by atoms with Crippen LogP contribution in [0.3, 0.4) is 0 Å². The minimum atomic E-state index is -0.308. The highest BCUT2D eigenvalue weighted by Gasteiger charge is 2.13. The van der Waals surface area contributed by atoms with Crippen molar-refractivity contribution >= 4 is 23.0 Å². The first kappa shape index (κ1) is 26.7. The van der Waals surface area contributed by atoms with Crippen LogP contribution in [-0.2, 0) is 29.0 Å². The molecule has 0 atom stereocenters. The fraction of sp³-hybridized carbons (Fsp3) is 0.385. The first-order chi connectivity index (χ1) is 18.4. The average molecular weight is 521 g/mol. The predicted molar refractivity (Wildman–Crippen MR) is 140 cm³/mol. The number of aromatic nitrogens is 6. The van der Waals surface area contributed by atoms with Gasteiger partial charge in [0.05, 0.1) is 38.6 Å². The Morgan fingerprint density at radius 2 is 1.97 bits per heavy atom. The summed E-state index contributed by atoms with van der Waals surface area (Å²) >= 11 is 0. The molecule has 0 aliphatic rings. The molecule has 0 radical (unpaired) electrons. The van der Waals surface area contributed by atoms with Gasteiger partial charge in [0.15, 0.2) is 5.65 Å². The number of amides is 1. The van der Waals surface area contributed by atoms with Crippen LogP contribution in [0, 0.1) is 0 Å². The van der Waals surface area contributed by atoms with E-state index >= 15 is 0 Å². The Labute approximate surface area is 220 Å². The Bertz CT molecular complexity index is 1380. The highest BCUT2D eigenvalue weighted by Crippen LogP contribution is 2.21. The van der Waals surface area contributed by atoms with Crippen molar-refractivity contribution in [2.75, 3.05) is 40.9 Å². The third-order valence-electron chi connectivity index (χ3n) is 5.83. The number of para-hydroxylation sites is 1. The highest BCUT2D eigenvalue weighted by molar-refractivity contribution is 5.94. The second-order valence-corrected chi connectivity index (χ2v) is 8.98. The van der Waals surface area contributed by atoms with E-state index in [0.29, 0.717) is 55.2 Å². The molecule has 0 saturated carbocycles. The summed E-state index contributed by atoms with van der Waals surface area (Å²) < 4.78 is 14.1. The molecule has 0 aliphatic heterocycles. The zero-order valence-corrected chi connectivity index (χ0v) is 21.8. The molecule has 0 saturated heterocycles. The highest BCUT2D eigenvalue weighted by atomic mass is 16.5. The van der Waals surface area contributed by atoms with E-state index in [1.807, 2.05) is 42.9 Å². The van der Waals surface area contributed by atoms with Crippen molar-refractivity contribution in [2.45, 2.75) is 25.9 Å². The van der Waals surface area contributed by atoms with Crippen molar-refractivity contribution in [3.05, 3.63) is 65.9 Å². The van der Waals surface area contributed by atoms with Crippen molar-refractivity contribution in [3.63, 3.8) is 0 Å². The Balaban J connectivity index is 1.36. The molecule has 12 heteroatoms. The van der Waals surface area contributed by atoms with E-state index in [1.54, 1.807) is 29.3 Å². The zero-order chi connectivity index (χ0) is 26.9. The number of likely N-dealkylation sites (N-methyl/N-ethyl adjacent to an activating group) is 1. The van der Waals surface area contributed by atoms with Gasteiger partial charge in [0.25, 0.3) is 5.91 Å². The van der Waals surface area contributed by atoms with Crippen molar-refractivity contribution in [1.82, 2.24) is 39.7 Å². The molecular weight excluding hydrogens is 488 g/mol. The van der Waals surface area contributed by atoms with Gasteiger partial charge in [-0.05, 0) is 32.3 Å². The Hall–Kier alpha value is -4.32. The summed E-state index contributed by atoms with van der Waals surface area (Å²) in [7, 11) is 5.36. The molecule has 4 aromatic rings. The zero-order valence-electron chi connectivity index (χ0n) is 21.8. The van der Waals surface area contributed by atoms with Gasteiger partial charge in [0.1, 0.15) is 23.6 Å². The van der Waals surface area contributed by atoms with Gasteiger partial charge in [0, 0.05) is 31.3 Å². The van der Waals surface area contributed by atoms with Crippen LogP contribution in [0.1, 0.15) is 28.2 Å². The van der Waals surface area contributed by atoms with Crippen LogP contribution in [0.5, 0.6) is 5.75 Å². The van der Waals surface area contributed by atoms with Crippen molar-refractivity contribution in [1.29, 1.82) is 0 Å². The normalized spacial score (nSPS) is 11.2. The van der Waals surface area contributed by atoms with Crippen molar-refractivity contribution < 1.29 is 19.1 Å². The number of pyridine rings is 1. The molecule has 3 aromatic heterocycles. The topological polar surface area (TPSA) is 129 Å². The van der Waals surface area contributed by atoms with Gasteiger partial charge in [-0.2, -0.15) is 0 Å². The largest absolute Gasteiger partial charge is 0.492 e. The van der Waals surface area contributed by atoms with E-state index in [1.165, 1.54) is 7.11 Å². The lowest BCUT2D eigenvalue weighted by atomic mass is 10.2. The van der Waals surface area contributed by atoms with Gasteiger partial charge in [-0.1, -0.05) is 23.4 Å². The molecule has 0 spiro atoms. The first-order valence-electron chi connectivity index (χ1n) is 12.3. The molecule has 0 fully saturated rings. The average Bonchev–Trinajstić information content (AvgIpc) is 3.54. The Kier molecular flexibility index (Phi) is 8.98. The summed E-state index contributed by atoms with van der Waals surface area (Å²) in [5.74, 6) is 0.218. The van der Waals surface area contributed by atoms with Crippen LogP contribution in [0.2, 0.25) is 0 Å². The second kappa shape index (κ2) is 12.8. The molecule has 12 nitrogen and oxygen atoms in total. The monoisotopic (exact) mass is 520 g/mol. The molecule has 0 unspecified atom stereocenters. The molecular formula is C26H32N8O4. The number of esters is 1. The molecule has 1 amide bonds. The maximum atomic E-state index is 12.8. The number of carbonyl (C=O) groups is 2. The van der Waals surface area contributed by atoms with E-state index in [9.17, 15) is 9.59 Å². The number of nitrogens with one attached hydrogen (secondary N) is 1. The smallest absolute Gasteiger partial charge is 0.307 e. The van der Waals surface area contributed by atoms with Crippen LogP contribution < -0.4 is 10.1 Å². The van der Waals surface area contributed by atoms with Crippen LogP contribution in [-0.4, -0.2) is 87.2 Å². The summed E-state index contributed by atoms with van der Waals surface area (Å²) in [5.41, 5.74) is 3.34. The summed E-state index contributed by atoms with van der Waals surface area (Å²) in [4.78, 5) is 35.2. The third-order valence-corrected chi connectivity index (χ3v) is 5.83. The Morgan fingerprint density at radius 1 is 1.13 bits per heavy atom. The molecule has 200 valence electrons. The Morgan fingerprint density at radius 3 is 2.79 bits per heavy atom. The van der Waals surface area contributed by atoms with Crippen LogP contribution in [0.15, 0.2) is 48.9 Å².